The fourth-order valence-electron chi connectivity index (χ4n) is 1.01. The standard InChI is InChI=1S/C7H15N5/c1-3-4-5(8)6-10-7(9)12(2)11-6/h5H,3-4,8H2,1-2H3,(H2,9,10,11). The molecule has 0 fully saturated rings. The van der Waals surface area contributed by atoms with Gasteiger partial charge in [-0.15, -0.1) is 0 Å². The largest absolute Gasteiger partial charge is 0.368 e. The van der Waals surface area contributed by atoms with Gasteiger partial charge in [0.1, 0.15) is 0 Å². The van der Waals surface area contributed by atoms with E-state index in [9.17, 15) is 0 Å². The molecule has 0 aliphatic heterocycles. The molecule has 1 heterocycles. The van der Waals surface area contributed by atoms with Crippen molar-refractivity contribution < 1.29 is 0 Å². The Kier molecular flexibility index (Phi) is 2.65. The van der Waals surface area contributed by atoms with E-state index in [4.69, 9.17) is 11.5 Å². The third-order valence-electron chi connectivity index (χ3n) is 1.74. The minimum Gasteiger partial charge on any atom is -0.368 e. The number of nitrogens with zero attached hydrogens (tertiary/aromatic N) is 3. The first-order chi connectivity index (χ1) is 5.65. The molecule has 1 aromatic rings. The molecule has 0 spiro atoms. The third-order valence-corrected chi connectivity index (χ3v) is 1.74. The number of aryl methyl sites for hydroxylation is 1. The van der Waals surface area contributed by atoms with Crippen LogP contribution in [0.3, 0.4) is 0 Å². The van der Waals surface area contributed by atoms with E-state index in [0.717, 1.165) is 12.8 Å². The van der Waals surface area contributed by atoms with Crippen molar-refractivity contribution in [2.75, 3.05) is 5.73 Å². The normalized spacial score (nSPS) is 13.2. The van der Waals surface area contributed by atoms with E-state index < -0.39 is 0 Å². The van der Waals surface area contributed by atoms with Crippen LogP contribution in [0, 0.1) is 0 Å². The minimum absolute atomic E-state index is 0.0847. The molecule has 4 N–H and O–H groups in total. The summed E-state index contributed by atoms with van der Waals surface area (Å²) in [7, 11) is 1.75. The Morgan fingerprint density at radius 1 is 1.58 bits per heavy atom. The molecule has 0 aromatic carbocycles. The molecule has 0 saturated carbocycles. The molecule has 0 bridgehead atoms. The summed E-state index contributed by atoms with van der Waals surface area (Å²) in [6.07, 6.45) is 1.92. The molecule has 0 aliphatic rings. The van der Waals surface area contributed by atoms with Gasteiger partial charge in [-0.2, -0.15) is 10.1 Å². The molecule has 5 nitrogen and oxygen atoms in total. The zero-order chi connectivity index (χ0) is 9.14. The molecule has 12 heavy (non-hydrogen) atoms. The van der Waals surface area contributed by atoms with Crippen LogP contribution >= 0.6 is 0 Å². The Hall–Kier alpha value is -1.10. The maximum absolute atomic E-state index is 5.79. The highest BCUT2D eigenvalue weighted by Gasteiger charge is 2.11. The highest BCUT2D eigenvalue weighted by atomic mass is 15.4. The lowest BCUT2D eigenvalue weighted by atomic mass is 10.2. The number of hydrogen-bond acceptors (Lipinski definition) is 4. The van der Waals surface area contributed by atoms with Crippen molar-refractivity contribution in [2.24, 2.45) is 12.8 Å². The van der Waals surface area contributed by atoms with Crippen LogP contribution in [0.1, 0.15) is 31.6 Å². The van der Waals surface area contributed by atoms with E-state index in [1.807, 2.05) is 0 Å². The summed E-state index contributed by atoms with van der Waals surface area (Å²) in [5.74, 6) is 1.05. The van der Waals surface area contributed by atoms with Gasteiger partial charge in [-0.05, 0) is 6.42 Å². The smallest absolute Gasteiger partial charge is 0.218 e. The van der Waals surface area contributed by atoms with Crippen LogP contribution in [0.5, 0.6) is 0 Å². The number of hydrogen-bond donors (Lipinski definition) is 2. The second-order valence-electron chi connectivity index (χ2n) is 2.85. The summed E-state index contributed by atoms with van der Waals surface area (Å²) >= 11 is 0. The van der Waals surface area contributed by atoms with Crippen molar-refractivity contribution in [3.8, 4) is 0 Å². The number of anilines is 1. The maximum Gasteiger partial charge on any atom is 0.218 e. The highest BCUT2D eigenvalue weighted by Crippen LogP contribution is 2.11. The molecule has 68 valence electrons. The van der Waals surface area contributed by atoms with Gasteiger partial charge in [-0.1, -0.05) is 13.3 Å². The quantitative estimate of drug-likeness (QED) is 0.677. The predicted octanol–water partition coefficient (Wildman–Crippen LogP) is 0.197. The van der Waals surface area contributed by atoms with Crippen molar-refractivity contribution in [2.45, 2.75) is 25.8 Å². The zero-order valence-electron chi connectivity index (χ0n) is 7.49. The molecule has 1 atom stereocenters. The Bertz CT molecular complexity index is 235. The van der Waals surface area contributed by atoms with Crippen LogP contribution < -0.4 is 11.5 Å². The SMILES string of the molecule is CCCC(N)c1nc(N)n(C)n1. The summed E-state index contributed by atoms with van der Waals surface area (Å²) in [5, 5.41) is 4.08. The molecule has 5 heteroatoms. The number of rotatable bonds is 3. The first kappa shape index (κ1) is 8.99. The molecule has 0 amide bonds. The highest BCUT2D eigenvalue weighted by molar-refractivity contribution is 5.16. The molecule has 1 rings (SSSR count). The second kappa shape index (κ2) is 3.53. The zero-order valence-corrected chi connectivity index (χ0v) is 7.49. The van der Waals surface area contributed by atoms with Gasteiger partial charge in [0.15, 0.2) is 5.82 Å². The van der Waals surface area contributed by atoms with Gasteiger partial charge in [0.05, 0.1) is 6.04 Å². The second-order valence-corrected chi connectivity index (χ2v) is 2.85. The van der Waals surface area contributed by atoms with Crippen LogP contribution in [-0.4, -0.2) is 14.8 Å². The lowest BCUT2D eigenvalue weighted by Gasteiger charge is -2.03. The van der Waals surface area contributed by atoms with Crippen LogP contribution in [0.2, 0.25) is 0 Å². The summed E-state index contributed by atoms with van der Waals surface area (Å²) in [4.78, 5) is 4.03. The van der Waals surface area contributed by atoms with Crippen LogP contribution in [0.25, 0.3) is 0 Å². The van der Waals surface area contributed by atoms with E-state index in [0.29, 0.717) is 11.8 Å². The summed E-state index contributed by atoms with van der Waals surface area (Å²) in [6, 6.07) is -0.0847. The first-order valence-corrected chi connectivity index (χ1v) is 4.07. The van der Waals surface area contributed by atoms with E-state index in [1.54, 1.807) is 7.05 Å². The molecule has 0 aliphatic carbocycles. The lowest BCUT2D eigenvalue weighted by Crippen LogP contribution is -2.11. The van der Waals surface area contributed by atoms with E-state index in [-0.39, 0.29) is 6.04 Å². The van der Waals surface area contributed by atoms with Gasteiger partial charge in [0.2, 0.25) is 5.95 Å². The van der Waals surface area contributed by atoms with Gasteiger partial charge in [-0.25, -0.2) is 4.68 Å². The van der Waals surface area contributed by atoms with Gasteiger partial charge in [0, 0.05) is 7.05 Å². The topological polar surface area (TPSA) is 82.7 Å². The Morgan fingerprint density at radius 3 is 2.67 bits per heavy atom. The van der Waals surface area contributed by atoms with Crippen LogP contribution in [0.4, 0.5) is 5.95 Å². The molecule has 1 unspecified atom stereocenters. The minimum atomic E-state index is -0.0847. The van der Waals surface area contributed by atoms with Gasteiger partial charge < -0.3 is 11.5 Å². The van der Waals surface area contributed by atoms with Crippen molar-refractivity contribution in [3.63, 3.8) is 0 Å². The fraction of sp³-hybridized carbons (Fsp3) is 0.714. The Balaban J connectivity index is 2.74. The average Bonchev–Trinajstić information content (AvgIpc) is 2.33. The van der Waals surface area contributed by atoms with Crippen LogP contribution in [-0.2, 0) is 7.05 Å². The molecular formula is C7H15N5. The average molecular weight is 169 g/mol. The van der Waals surface area contributed by atoms with E-state index in [2.05, 4.69) is 17.0 Å². The third kappa shape index (κ3) is 1.73. The van der Waals surface area contributed by atoms with Crippen molar-refractivity contribution in [1.29, 1.82) is 0 Å². The Labute approximate surface area is 71.8 Å². The van der Waals surface area contributed by atoms with E-state index in [1.165, 1.54) is 4.68 Å². The van der Waals surface area contributed by atoms with Crippen molar-refractivity contribution >= 4 is 5.95 Å². The van der Waals surface area contributed by atoms with Gasteiger partial charge in [-0.3, -0.25) is 0 Å². The van der Waals surface area contributed by atoms with Gasteiger partial charge >= 0.3 is 0 Å². The summed E-state index contributed by atoms with van der Waals surface area (Å²) in [6.45, 7) is 2.08. The molecule has 0 radical (unpaired) electrons. The molecule has 0 saturated heterocycles. The number of nitrogen functional groups attached to an aromatic ring is 1. The molecular weight excluding hydrogens is 154 g/mol. The predicted molar refractivity (Wildman–Crippen MR) is 47.3 cm³/mol. The molecule has 1 aromatic heterocycles. The Morgan fingerprint density at radius 2 is 2.25 bits per heavy atom. The van der Waals surface area contributed by atoms with Crippen LogP contribution in [0.15, 0.2) is 0 Å². The van der Waals surface area contributed by atoms with Gasteiger partial charge in [0.25, 0.3) is 0 Å². The first-order valence-electron chi connectivity index (χ1n) is 4.07. The van der Waals surface area contributed by atoms with E-state index >= 15 is 0 Å². The summed E-state index contributed by atoms with van der Waals surface area (Å²) in [5.41, 5.74) is 11.3. The fourth-order valence-corrected chi connectivity index (χ4v) is 1.01. The van der Waals surface area contributed by atoms with Crippen molar-refractivity contribution in [3.05, 3.63) is 5.82 Å². The maximum atomic E-state index is 5.79. The monoisotopic (exact) mass is 169 g/mol. The number of nitrogens with two attached hydrogens (primary N) is 2. The van der Waals surface area contributed by atoms with Crippen molar-refractivity contribution in [1.82, 2.24) is 14.8 Å². The lowest BCUT2D eigenvalue weighted by molar-refractivity contribution is 0.593. The summed E-state index contributed by atoms with van der Waals surface area (Å²) < 4.78 is 1.53. The number of aromatic nitrogens is 3.